The van der Waals surface area contributed by atoms with Gasteiger partial charge in [-0.2, -0.15) is 0 Å². The third-order valence-corrected chi connectivity index (χ3v) is 6.49. The number of amides is 1. The van der Waals surface area contributed by atoms with Gasteiger partial charge in [-0.05, 0) is 38.1 Å². The molecular weight excluding hydrogens is 338 g/mol. The Hall–Kier alpha value is -1.69. The third kappa shape index (κ3) is 4.78. The molecule has 0 bridgehead atoms. The zero-order chi connectivity index (χ0) is 18.5. The van der Waals surface area contributed by atoms with Crippen LogP contribution in [-0.4, -0.2) is 71.5 Å². The highest BCUT2D eigenvalue weighted by atomic mass is 16.2. The lowest BCUT2D eigenvalue weighted by Gasteiger charge is -2.35. The summed E-state index contributed by atoms with van der Waals surface area (Å²) in [6, 6.07) is 0. The maximum Gasteiger partial charge on any atom is 0.274 e. The number of anilines is 1. The van der Waals surface area contributed by atoms with Crippen LogP contribution in [0.4, 0.5) is 5.82 Å². The number of hydrogen-bond donors (Lipinski definition) is 0. The molecule has 0 unspecified atom stereocenters. The molecule has 0 spiro atoms. The fourth-order valence-electron chi connectivity index (χ4n) is 4.80. The highest BCUT2D eigenvalue weighted by Crippen LogP contribution is 2.28. The topological polar surface area (TPSA) is 52.6 Å². The van der Waals surface area contributed by atoms with Gasteiger partial charge in [-0.25, -0.2) is 4.98 Å². The van der Waals surface area contributed by atoms with E-state index in [4.69, 9.17) is 0 Å². The quantitative estimate of drug-likeness (QED) is 0.770. The van der Waals surface area contributed by atoms with Crippen LogP contribution in [0.2, 0.25) is 0 Å². The molecule has 2 saturated heterocycles. The molecule has 0 radical (unpaired) electrons. The number of rotatable bonds is 6. The minimum absolute atomic E-state index is 0.0346. The number of hydrogen-bond acceptors (Lipinski definition) is 5. The maximum absolute atomic E-state index is 12.6. The summed E-state index contributed by atoms with van der Waals surface area (Å²) in [4.78, 5) is 28.3. The molecule has 3 aliphatic rings. The lowest BCUT2D eigenvalue weighted by molar-refractivity contribution is 0.0786. The van der Waals surface area contributed by atoms with E-state index in [-0.39, 0.29) is 5.91 Å². The van der Waals surface area contributed by atoms with E-state index in [2.05, 4.69) is 19.8 Å². The standard InChI is InChI=1S/C21H33N5O/c27-21(26-10-3-4-11-26)19-16-22-17-20(23-19)25-14-12-24(13-15-25)9-5-8-18-6-1-2-7-18/h16-18H,1-15H2. The van der Waals surface area contributed by atoms with E-state index in [0.717, 1.165) is 63.8 Å². The van der Waals surface area contributed by atoms with Crippen LogP contribution in [-0.2, 0) is 0 Å². The minimum Gasteiger partial charge on any atom is -0.353 e. The van der Waals surface area contributed by atoms with Gasteiger partial charge >= 0.3 is 0 Å². The molecule has 1 aliphatic carbocycles. The monoisotopic (exact) mass is 371 g/mol. The summed E-state index contributed by atoms with van der Waals surface area (Å²) in [5.41, 5.74) is 0.494. The SMILES string of the molecule is O=C(c1cncc(N2CCN(CCCC3CCCC3)CC2)n1)N1CCCC1. The Bertz CT molecular complexity index is 617. The van der Waals surface area contributed by atoms with Crippen LogP contribution < -0.4 is 4.90 Å². The van der Waals surface area contributed by atoms with Gasteiger partial charge in [-0.1, -0.05) is 25.7 Å². The molecule has 3 fully saturated rings. The van der Waals surface area contributed by atoms with Crippen LogP contribution in [0.25, 0.3) is 0 Å². The second-order valence-electron chi connectivity index (χ2n) is 8.38. The van der Waals surface area contributed by atoms with E-state index in [0.29, 0.717) is 5.69 Å². The average Bonchev–Trinajstić information content (AvgIpc) is 3.42. The van der Waals surface area contributed by atoms with Crippen molar-refractivity contribution in [2.75, 3.05) is 50.7 Å². The smallest absolute Gasteiger partial charge is 0.274 e. The van der Waals surface area contributed by atoms with E-state index in [1.807, 2.05) is 4.90 Å². The average molecular weight is 372 g/mol. The number of piperazine rings is 1. The molecule has 1 saturated carbocycles. The second-order valence-corrected chi connectivity index (χ2v) is 8.38. The van der Waals surface area contributed by atoms with E-state index in [9.17, 15) is 4.79 Å². The number of carbonyl (C=O) groups excluding carboxylic acids is 1. The van der Waals surface area contributed by atoms with Crippen molar-refractivity contribution < 1.29 is 4.79 Å². The van der Waals surface area contributed by atoms with Gasteiger partial charge in [0.15, 0.2) is 0 Å². The van der Waals surface area contributed by atoms with Gasteiger partial charge in [0.25, 0.3) is 5.91 Å². The maximum atomic E-state index is 12.6. The van der Waals surface area contributed by atoms with E-state index >= 15 is 0 Å². The lowest BCUT2D eigenvalue weighted by Crippen LogP contribution is -2.47. The summed E-state index contributed by atoms with van der Waals surface area (Å²) in [7, 11) is 0. The molecule has 6 heteroatoms. The highest BCUT2D eigenvalue weighted by molar-refractivity contribution is 5.92. The van der Waals surface area contributed by atoms with Crippen molar-refractivity contribution in [3.05, 3.63) is 18.1 Å². The molecule has 0 aromatic carbocycles. The number of likely N-dealkylation sites (tertiary alicyclic amines) is 1. The molecule has 27 heavy (non-hydrogen) atoms. The third-order valence-electron chi connectivity index (χ3n) is 6.49. The van der Waals surface area contributed by atoms with Crippen LogP contribution in [0.15, 0.2) is 12.4 Å². The van der Waals surface area contributed by atoms with Crippen LogP contribution in [0.5, 0.6) is 0 Å². The van der Waals surface area contributed by atoms with Crippen LogP contribution in [0.3, 0.4) is 0 Å². The Morgan fingerprint density at radius 3 is 2.44 bits per heavy atom. The van der Waals surface area contributed by atoms with Gasteiger partial charge in [0, 0.05) is 39.3 Å². The summed E-state index contributed by atoms with van der Waals surface area (Å²) in [6.45, 7) is 7.03. The van der Waals surface area contributed by atoms with Crippen molar-refractivity contribution in [3.8, 4) is 0 Å². The van der Waals surface area contributed by atoms with Gasteiger partial charge in [0.1, 0.15) is 11.5 Å². The Morgan fingerprint density at radius 1 is 0.963 bits per heavy atom. The highest BCUT2D eigenvalue weighted by Gasteiger charge is 2.23. The van der Waals surface area contributed by atoms with E-state index < -0.39 is 0 Å². The van der Waals surface area contributed by atoms with Crippen molar-refractivity contribution in [1.82, 2.24) is 19.8 Å². The Labute approximate surface area is 162 Å². The summed E-state index contributed by atoms with van der Waals surface area (Å²) >= 11 is 0. The number of nitrogens with zero attached hydrogens (tertiary/aromatic N) is 5. The first-order valence-corrected chi connectivity index (χ1v) is 10.9. The number of aromatic nitrogens is 2. The minimum atomic E-state index is 0.0346. The molecule has 4 rings (SSSR count). The molecule has 1 aromatic heterocycles. The summed E-state index contributed by atoms with van der Waals surface area (Å²) in [5, 5.41) is 0. The molecule has 0 atom stereocenters. The molecule has 3 heterocycles. The Morgan fingerprint density at radius 2 is 1.70 bits per heavy atom. The van der Waals surface area contributed by atoms with Crippen LogP contribution in [0.1, 0.15) is 61.9 Å². The molecule has 0 N–H and O–H groups in total. The molecule has 6 nitrogen and oxygen atoms in total. The van der Waals surface area contributed by atoms with Crippen LogP contribution >= 0.6 is 0 Å². The van der Waals surface area contributed by atoms with Crippen molar-refractivity contribution in [2.24, 2.45) is 5.92 Å². The molecular formula is C21H33N5O. The molecule has 148 valence electrons. The predicted molar refractivity (Wildman–Crippen MR) is 107 cm³/mol. The molecule has 1 aromatic rings. The van der Waals surface area contributed by atoms with Crippen molar-refractivity contribution in [3.63, 3.8) is 0 Å². The summed E-state index contributed by atoms with van der Waals surface area (Å²) in [5.74, 6) is 1.88. The molecule has 1 amide bonds. The van der Waals surface area contributed by atoms with E-state index in [1.165, 1.54) is 45.1 Å². The summed E-state index contributed by atoms with van der Waals surface area (Å²) in [6.07, 6.45) is 14.2. The first kappa shape index (κ1) is 18.7. The first-order chi connectivity index (χ1) is 13.3. The van der Waals surface area contributed by atoms with Gasteiger partial charge in [0.05, 0.1) is 12.4 Å². The van der Waals surface area contributed by atoms with Gasteiger partial charge in [0.2, 0.25) is 0 Å². The van der Waals surface area contributed by atoms with Crippen molar-refractivity contribution in [1.29, 1.82) is 0 Å². The second kappa shape index (κ2) is 9.00. The molecule has 2 aliphatic heterocycles. The van der Waals surface area contributed by atoms with Gasteiger partial charge in [-0.15, -0.1) is 0 Å². The fourth-order valence-corrected chi connectivity index (χ4v) is 4.80. The first-order valence-electron chi connectivity index (χ1n) is 10.9. The van der Waals surface area contributed by atoms with E-state index in [1.54, 1.807) is 12.4 Å². The Kier molecular flexibility index (Phi) is 6.22. The number of carbonyl (C=O) groups is 1. The lowest BCUT2D eigenvalue weighted by atomic mass is 10.0. The predicted octanol–water partition coefficient (Wildman–Crippen LogP) is 2.81. The fraction of sp³-hybridized carbons (Fsp3) is 0.762. The zero-order valence-corrected chi connectivity index (χ0v) is 16.5. The van der Waals surface area contributed by atoms with Crippen molar-refractivity contribution >= 4 is 11.7 Å². The van der Waals surface area contributed by atoms with Crippen molar-refractivity contribution in [2.45, 2.75) is 51.4 Å². The normalized spacial score (nSPS) is 21.9. The summed E-state index contributed by atoms with van der Waals surface area (Å²) < 4.78 is 0. The van der Waals surface area contributed by atoms with Gasteiger partial charge < -0.3 is 9.80 Å². The van der Waals surface area contributed by atoms with Gasteiger partial charge in [-0.3, -0.25) is 14.7 Å². The zero-order valence-electron chi connectivity index (χ0n) is 16.5. The Balaban J connectivity index is 1.25. The largest absolute Gasteiger partial charge is 0.353 e. The van der Waals surface area contributed by atoms with Crippen LogP contribution in [0, 0.1) is 5.92 Å².